The molecule has 1 amide bonds. The molecule has 0 unspecified atom stereocenters. The van der Waals surface area contributed by atoms with Crippen molar-refractivity contribution >= 4 is 17.5 Å². The van der Waals surface area contributed by atoms with Gasteiger partial charge in [0, 0.05) is 18.0 Å². The standard InChI is InChI=1S/C12H12ClNO2/c1-9(15)14-7-3-4-10-5-6-11(13)8-12(10)16-2/h5-6,8H,7H2,1-2H3,(H,14,15). The third-order valence-corrected chi connectivity index (χ3v) is 2.05. The number of halogens is 1. The first-order valence-electron chi connectivity index (χ1n) is 4.70. The van der Waals surface area contributed by atoms with Gasteiger partial charge in [-0.3, -0.25) is 4.79 Å². The molecule has 0 atom stereocenters. The zero-order valence-corrected chi connectivity index (χ0v) is 9.89. The van der Waals surface area contributed by atoms with Crippen molar-refractivity contribution in [1.29, 1.82) is 0 Å². The van der Waals surface area contributed by atoms with Crippen molar-refractivity contribution in [2.75, 3.05) is 13.7 Å². The van der Waals surface area contributed by atoms with E-state index in [0.717, 1.165) is 5.56 Å². The molecule has 0 aliphatic heterocycles. The van der Waals surface area contributed by atoms with Gasteiger partial charge in [0.2, 0.25) is 5.91 Å². The molecular weight excluding hydrogens is 226 g/mol. The average molecular weight is 238 g/mol. The fourth-order valence-electron chi connectivity index (χ4n) is 1.08. The molecule has 0 heterocycles. The van der Waals surface area contributed by atoms with E-state index in [4.69, 9.17) is 16.3 Å². The Labute approximate surface area is 99.7 Å². The lowest BCUT2D eigenvalue weighted by molar-refractivity contribution is -0.118. The van der Waals surface area contributed by atoms with E-state index in [2.05, 4.69) is 17.2 Å². The summed E-state index contributed by atoms with van der Waals surface area (Å²) in [6.45, 7) is 1.77. The molecule has 16 heavy (non-hydrogen) atoms. The largest absolute Gasteiger partial charge is 0.495 e. The van der Waals surface area contributed by atoms with E-state index >= 15 is 0 Å². The van der Waals surface area contributed by atoms with Crippen LogP contribution in [0.5, 0.6) is 5.75 Å². The van der Waals surface area contributed by atoms with Gasteiger partial charge in [-0.15, -0.1) is 0 Å². The number of carbonyl (C=O) groups is 1. The van der Waals surface area contributed by atoms with Crippen molar-refractivity contribution in [3.8, 4) is 17.6 Å². The van der Waals surface area contributed by atoms with Gasteiger partial charge in [-0.1, -0.05) is 23.4 Å². The Hall–Kier alpha value is -1.66. The van der Waals surface area contributed by atoms with E-state index in [1.54, 1.807) is 25.3 Å². The smallest absolute Gasteiger partial charge is 0.217 e. The summed E-state index contributed by atoms with van der Waals surface area (Å²) in [6.07, 6.45) is 0. The highest BCUT2D eigenvalue weighted by molar-refractivity contribution is 6.30. The Morgan fingerprint density at radius 2 is 2.31 bits per heavy atom. The molecule has 0 saturated heterocycles. The fourth-order valence-corrected chi connectivity index (χ4v) is 1.24. The summed E-state index contributed by atoms with van der Waals surface area (Å²) < 4.78 is 5.13. The van der Waals surface area contributed by atoms with Gasteiger partial charge in [0.1, 0.15) is 5.75 Å². The average Bonchev–Trinajstić information content (AvgIpc) is 2.25. The van der Waals surface area contributed by atoms with E-state index in [9.17, 15) is 4.79 Å². The van der Waals surface area contributed by atoms with Gasteiger partial charge >= 0.3 is 0 Å². The first kappa shape index (κ1) is 12.4. The number of hydrogen-bond acceptors (Lipinski definition) is 2. The maximum atomic E-state index is 10.6. The predicted molar refractivity (Wildman–Crippen MR) is 63.6 cm³/mol. The molecule has 0 bridgehead atoms. The summed E-state index contributed by atoms with van der Waals surface area (Å²) in [6, 6.07) is 5.22. The Balaban J connectivity index is 2.76. The first-order chi connectivity index (χ1) is 7.63. The molecular formula is C12H12ClNO2. The minimum Gasteiger partial charge on any atom is -0.495 e. The highest BCUT2D eigenvalue weighted by atomic mass is 35.5. The van der Waals surface area contributed by atoms with Crippen LogP contribution < -0.4 is 10.1 Å². The molecule has 4 heteroatoms. The van der Waals surface area contributed by atoms with Gasteiger partial charge in [-0.05, 0) is 12.1 Å². The minimum atomic E-state index is -0.0997. The number of hydrogen-bond donors (Lipinski definition) is 1. The summed E-state index contributed by atoms with van der Waals surface area (Å²) in [5, 5.41) is 3.19. The predicted octanol–water partition coefficient (Wildman–Crippen LogP) is 1.84. The van der Waals surface area contributed by atoms with E-state index < -0.39 is 0 Å². The second kappa shape index (κ2) is 6.04. The zero-order chi connectivity index (χ0) is 12.0. The van der Waals surface area contributed by atoms with Crippen molar-refractivity contribution < 1.29 is 9.53 Å². The topological polar surface area (TPSA) is 38.3 Å². The molecule has 1 rings (SSSR count). The Morgan fingerprint density at radius 1 is 1.56 bits per heavy atom. The third kappa shape index (κ3) is 3.84. The lowest BCUT2D eigenvalue weighted by Crippen LogP contribution is -2.19. The lowest BCUT2D eigenvalue weighted by Gasteiger charge is -2.02. The molecule has 1 N–H and O–H groups in total. The van der Waals surface area contributed by atoms with E-state index in [1.165, 1.54) is 6.92 Å². The van der Waals surface area contributed by atoms with Crippen LogP contribution in [0.1, 0.15) is 12.5 Å². The molecule has 0 spiro atoms. The molecule has 0 aliphatic carbocycles. The van der Waals surface area contributed by atoms with Crippen molar-refractivity contribution in [2.45, 2.75) is 6.92 Å². The van der Waals surface area contributed by atoms with Gasteiger partial charge in [-0.25, -0.2) is 0 Å². The van der Waals surface area contributed by atoms with Crippen molar-refractivity contribution in [2.24, 2.45) is 0 Å². The molecule has 0 aromatic heterocycles. The van der Waals surface area contributed by atoms with Gasteiger partial charge in [0.05, 0.1) is 19.2 Å². The SMILES string of the molecule is COc1cc(Cl)ccc1C#CCNC(C)=O. The van der Waals surface area contributed by atoms with Crippen molar-refractivity contribution in [3.63, 3.8) is 0 Å². The van der Waals surface area contributed by atoms with Crippen LogP contribution in [0.25, 0.3) is 0 Å². The Kier molecular flexibility index (Phi) is 4.68. The summed E-state index contributed by atoms with van der Waals surface area (Å²) >= 11 is 5.81. The lowest BCUT2D eigenvalue weighted by atomic mass is 10.2. The van der Waals surface area contributed by atoms with Gasteiger partial charge < -0.3 is 10.1 Å². The van der Waals surface area contributed by atoms with Crippen LogP contribution in [0.2, 0.25) is 5.02 Å². The summed E-state index contributed by atoms with van der Waals surface area (Å²) in [5.41, 5.74) is 0.747. The molecule has 1 aromatic rings. The number of ether oxygens (including phenoxy) is 1. The summed E-state index contributed by atoms with van der Waals surface area (Å²) in [4.78, 5) is 10.6. The van der Waals surface area contributed by atoms with Gasteiger partial charge in [0.25, 0.3) is 0 Å². The van der Waals surface area contributed by atoms with E-state index in [0.29, 0.717) is 17.3 Å². The van der Waals surface area contributed by atoms with Crippen molar-refractivity contribution in [1.82, 2.24) is 5.32 Å². The van der Waals surface area contributed by atoms with Crippen LogP contribution in [0.15, 0.2) is 18.2 Å². The first-order valence-corrected chi connectivity index (χ1v) is 5.08. The number of carbonyl (C=O) groups excluding carboxylic acids is 1. The summed E-state index contributed by atoms with van der Waals surface area (Å²) in [5.74, 6) is 6.25. The molecule has 1 aromatic carbocycles. The zero-order valence-electron chi connectivity index (χ0n) is 9.13. The van der Waals surface area contributed by atoms with Crippen LogP contribution in [0.4, 0.5) is 0 Å². The van der Waals surface area contributed by atoms with Crippen LogP contribution in [-0.4, -0.2) is 19.6 Å². The van der Waals surface area contributed by atoms with Crippen molar-refractivity contribution in [3.05, 3.63) is 28.8 Å². The second-order valence-electron chi connectivity index (χ2n) is 3.06. The Bertz CT molecular complexity index is 446. The number of rotatable bonds is 2. The minimum absolute atomic E-state index is 0.0997. The number of methoxy groups -OCH3 is 1. The maximum absolute atomic E-state index is 10.6. The Morgan fingerprint density at radius 3 is 2.94 bits per heavy atom. The number of amides is 1. The monoisotopic (exact) mass is 237 g/mol. The normalized spacial score (nSPS) is 8.94. The second-order valence-corrected chi connectivity index (χ2v) is 3.49. The third-order valence-electron chi connectivity index (χ3n) is 1.81. The number of benzene rings is 1. The highest BCUT2D eigenvalue weighted by Gasteiger charge is 1.99. The number of nitrogens with one attached hydrogen (secondary N) is 1. The van der Waals surface area contributed by atoms with Crippen LogP contribution in [-0.2, 0) is 4.79 Å². The molecule has 3 nitrogen and oxygen atoms in total. The highest BCUT2D eigenvalue weighted by Crippen LogP contribution is 2.21. The van der Waals surface area contributed by atoms with Crippen LogP contribution >= 0.6 is 11.6 Å². The fraction of sp³-hybridized carbons (Fsp3) is 0.250. The summed E-state index contributed by atoms with van der Waals surface area (Å²) in [7, 11) is 1.56. The van der Waals surface area contributed by atoms with Crippen LogP contribution in [0.3, 0.4) is 0 Å². The van der Waals surface area contributed by atoms with Gasteiger partial charge in [0.15, 0.2) is 0 Å². The van der Waals surface area contributed by atoms with Gasteiger partial charge in [-0.2, -0.15) is 0 Å². The van der Waals surface area contributed by atoms with E-state index in [-0.39, 0.29) is 5.91 Å². The molecule has 0 fully saturated rings. The van der Waals surface area contributed by atoms with Crippen LogP contribution in [0, 0.1) is 11.8 Å². The molecule has 84 valence electrons. The molecule has 0 aliphatic rings. The molecule has 0 saturated carbocycles. The van der Waals surface area contributed by atoms with E-state index in [1.807, 2.05) is 0 Å². The maximum Gasteiger partial charge on any atom is 0.217 e. The molecule has 0 radical (unpaired) electrons. The quantitative estimate of drug-likeness (QED) is 0.797.